The predicted molar refractivity (Wildman–Crippen MR) is 109 cm³/mol. The normalized spacial score (nSPS) is 14.5. The smallest absolute Gasteiger partial charge is 0.339 e. The molecule has 1 aromatic carbocycles. The van der Waals surface area contributed by atoms with Crippen LogP contribution in [0.25, 0.3) is 0 Å². The number of carbonyl (C=O) groups is 1. The molecule has 1 aliphatic rings. The summed E-state index contributed by atoms with van der Waals surface area (Å²) in [4.78, 5) is 24.2. The lowest BCUT2D eigenvalue weighted by molar-refractivity contribution is 0.0599. The Morgan fingerprint density at radius 3 is 2.32 bits per heavy atom. The Bertz CT molecular complexity index is 974. The highest BCUT2D eigenvalue weighted by molar-refractivity contribution is 5.92. The number of rotatable bonds is 4. The summed E-state index contributed by atoms with van der Waals surface area (Å²) in [5, 5.41) is 9.65. The van der Waals surface area contributed by atoms with E-state index in [1.54, 1.807) is 11.8 Å². The van der Waals surface area contributed by atoms with E-state index in [2.05, 4.69) is 15.5 Å². The zero-order valence-corrected chi connectivity index (χ0v) is 17.4. The van der Waals surface area contributed by atoms with Gasteiger partial charge in [0.1, 0.15) is 17.3 Å². The lowest BCUT2D eigenvalue weighted by Gasteiger charge is -2.37. The van der Waals surface area contributed by atoms with Gasteiger partial charge in [0.05, 0.1) is 25.5 Å². The number of aliphatic imine (C=N–C) groups is 1. The Labute approximate surface area is 177 Å². The summed E-state index contributed by atoms with van der Waals surface area (Å²) >= 11 is 0. The number of aryl methyl sites for hydroxylation is 1. The van der Waals surface area contributed by atoms with Crippen molar-refractivity contribution in [3.05, 3.63) is 47.2 Å². The fourth-order valence-corrected chi connectivity index (χ4v) is 3.30. The highest BCUT2D eigenvalue weighted by atomic mass is 19.1. The molecule has 0 bridgehead atoms. The molecule has 9 nitrogen and oxygen atoms in total. The summed E-state index contributed by atoms with van der Waals surface area (Å²) in [6, 6.07) is 4.84. The van der Waals surface area contributed by atoms with E-state index in [1.165, 1.54) is 32.4 Å². The number of benzene rings is 1. The molecule has 1 aromatic heterocycles. The molecular formula is C20H23F2N5O4. The number of aromatic nitrogens is 1. The van der Waals surface area contributed by atoms with Gasteiger partial charge in [-0.15, -0.1) is 0 Å². The van der Waals surface area contributed by atoms with Crippen LogP contribution in [0.4, 0.5) is 20.2 Å². The number of piperazine rings is 1. The standard InChI is InChI=1S/C20H23F2N5O4/c1-12-16(19(28)31-3)11-17(18(23-12)30-2)24-20(25-29)27-6-4-26(5-7-27)15-9-13(21)8-14(22)10-15/h8-11,29H,4-7H2,1-3H3,(H,24,25). The fraction of sp³-hybridized carbons (Fsp3) is 0.350. The minimum Gasteiger partial charge on any atom is -0.479 e. The van der Waals surface area contributed by atoms with Gasteiger partial charge in [0.25, 0.3) is 0 Å². The number of halogens is 2. The van der Waals surface area contributed by atoms with Gasteiger partial charge in [-0.2, -0.15) is 0 Å². The van der Waals surface area contributed by atoms with E-state index >= 15 is 0 Å². The molecule has 0 saturated carbocycles. The first kappa shape index (κ1) is 22.2. The van der Waals surface area contributed by atoms with Crippen LogP contribution in [0.15, 0.2) is 29.3 Å². The van der Waals surface area contributed by atoms with Crippen LogP contribution < -0.4 is 15.1 Å². The quantitative estimate of drug-likeness (QED) is 0.327. The van der Waals surface area contributed by atoms with Crippen LogP contribution in [0.2, 0.25) is 0 Å². The molecule has 2 aromatic rings. The maximum absolute atomic E-state index is 13.5. The molecule has 0 spiro atoms. The number of carbonyl (C=O) groups excluding carboxylic acids is 1. The molecule has 2 heterocycles. The molecule has 0 aliphatic carbocycles. The molecule has 2 N–H and O–H groups in total. The summed E-state index contributed by atoms with van der Waals surface area (Å²) in [6.45, 7) is 3.36. The van der Waals surface area contributed by atoms with Gasteiger partial charge in [-0.05, 0) is 25.1 Å². The molecule has 166 valence electrons. The van der Waals surface area contributed by atoms with Crippen molar-refractivity contribution >= 4 is 23.3 Å². The summed E-state index contributed by atoms with van der Waals surface area (Å²) in [7, 11) is 2.68. The zero-order chi connectivity index (χ0) is 22.5. The van der Waals surface area contributed by atoms with E-state index in [9.17, 15) is 18.8 Å². The summed E-state index contributed by atoms with van der Waals surface area (Å²) < 4.78 is 37.0. The van der Waals surface area contributed by atoms with Crippen molar-refractivity contribution in [3.8, 4) is 5.88 Å². The van der Waals surface area contributed by atoms with Crippen LogP contribution in [0.3, 0.4) is 0 Å². The van der Waals surface area contributed by atoms with Crippen molar-refractivity contribution in [3.63, 3.8) is 0 Å². The molecule has 0 amide bonds. The number of guanidine groups is 1. The van der Waals surface area contributed by atoms with E-state index in [1.807, 2.05) is 4.90 Å². The third kappa shape index (κ3) is 5.00. The minimum absolute atomic E-state index is 0.116. The van der Waals surface area contributed by atoms with Gasteiger partial charge < -0.3 is 19.3 Å². The number of pyridine rings is 1. The highest BCUT2D eigenvalue weighted by Crippen LogP contribution is 2.29. The van der Waals surface area contributed by atoms with Crippen LogP contribution >= 0.6 is 0 Å². The van der Waals surface area contributed by atoms with Crippen molar-refractivity contribution in [1.29, 1.82) is 0 Å². The van der Waals surface area contributed by atoms with Gasteiger partial charge in [0.2, 0.25) is 11.8 Å². The number of hydrogen-bond donors (Lipinski definition) is 2. The van der Waals surface area contributed by atoms with Gasteiger partial charge in [-0.25, -0.2) is 29.0 Å². The Morgan fingerprint density at radius 2 is 1.77 bits per heavy atom. The predicted octanol–water partition coefficient (Wildman–Crippen LogP) is 2.25. The number of methoxy groups -OCH3 is 2. The second-order valence-electron chi connectivity index (χ2n) is 6.79. The first-order valence-corrected chi connectivity index (χ1v) is 9.45. The third-order valence-electron chi connectivity index (χ3n) is 4.88. The van der Waals surface area contributed by atoms with E-state index in [0.29, 0.717) is 37.6 Å². The Kier molecular flexibility index (Phi) is 6.85. The summed E-state index contributed by atoms with van der Waals surface area (Å²) in [6.07, 6.45) is 0. The maximum Gasteiger partial charge on any atom is 0.339 e. The van der Waals surface area contributed by atoms with Gasteiger partial charge in [-0.1, -0.05) is 0 Å². The average molecular weight is 435 g/mol. The molecular weight excluding hydrogens is 412 g/mol. The van der Waals surface area contributed by atoms with Crippen molar-refractivity contribution in [2.45, 2.75) is 6.92 Å². The van der Waals surface area contributed by atoms with Crippen LogP contribution in [0.5, 0.6) is 5.88 Å². The van der Waals surface area contributed by atoms with Gasteiger partial charge in [0.15, 0.2) is 0 Å². The molecule has 0 unspecified atom stereocenters. The second kappa shape index (κ2) is 9.56. The van der Waals surface area contributed by atoms with Crippen LogP contribution in [-0.4, -0.2) is 67.4 Å². The number of esters is 1. The number of hydroxylamine groups is 1. The Morgan fingerprint density at radius 1 is 1.13 bits per heavy atom. The lowest BCUT2D eigenvalue weighted by atomic mass is 10.2. The lowest BCUT2D eigenvalue weighted by Crippen LogP contribution is -2.52. The second-order valence-corrected chi connectivity index (χ2v) is 6.79. The summed E-state index contributed by atoms with van der Waals surface area (Å²) in [5.41, 5.74) is 3.36. The van der Waals surface area contributed by atoms with Crippen LogP contribution in [0, 0.1) is 18.6 Å². The number of hydrogen-bond acceptors (Lipinski definition) is 7. The number of anilines is 1. The van der Waals surface area contributed by atoms with Crippen LogP contribution in [0.1, 0.15) is 16.1 Å². The molecule has 1 aliphatic heterocycles. The van der Waals surface area contributed by atoms with E-state index in [0.717, 1.165) is 6.07 Å². The molecule has 1 saturated heterocycles. The first-order chi connectivity index (χ1) is 14.9. The van der Waals surface area contributed by atoms with Gasteiger partial charge in [-0.3, -0.25) is 5.21 Å². The van der Waals surface area contributed by atoms with Gasteiger partial charge in [0, 0.05) is 37.9 Å². The van der Waals surface area contributed by atoms with Crippen molar-refractivity contribution in [1.82, 2.24) is 15.4 Å². The van der Waals surface area contributed by atoms with Crippen molar-refractivity contribution in [2.75, 3.05) is 45.3 Å². The molecule has 0 atom stereocenters. The molecule has 31 heavy (non-hydrogen) atoms. The molecule has 1 fully saturated rings. The first-order valence-electron chi connectivity index (χ1n) is 9.45. The van der Waals surface area contributed by atoms with E-state index < -0.39 is 17.6 Å². The summed E-state index contributed by atoms with van der Waals surface area (Å²) in [5.74, 6) is -1.57. The number of nitrogens with one attached hydrogen (secondary N) is 1. The maximum atomic E-state index is 13.5. The fourth-order valence-electron chi connectivity index (χ4n) is 3.30. The third-order valence-corrected chi connectivity index (χ3v) is 4.88. The SMILES string of the molecule is COC(=O)c1cc(N=C(NO)N2CCN(c3cc(F)cc(F)c3)CC2)c(OC)nc1C. The molecule has 11 heteroatoms. The molecule has 3 rings (SSSR count). The number of ether oxygens (including phenoxy) is 2. The van der Waals surface area contributed by atoms with E-state index in [4.69, 9.17) is 9.47 Å². The number of nitrogens with zero attached hydrogens (tertiary/aromatic N) is 4. The Hall–Kier alpha value is -3.47. The van der Waals surface area contributed by atoms with Crippen molar-refractivity contribution < 1.29 is 28.3 Å². The Balaban J connectivity index is 1.82. The van der Waals surface area contributed by atoms with Crippen LogP contribution in [-0.2, 0) is 4.74 Å². The van der Waals surface area contributed by atoms with E-state index in [-0.39, 0.29) is 23.1 Å². The topological polar surface area (TPSA) is 99.5 Å². The zero-order valence-electron chi connectivity index (χ0n) is 17.4. The minimum atomic E-state index is -0.642. The monoisotopic (exact) mass is 435 g/mol. The molecule has 0 radical (unpaired) electrons. The highest BCUT2D eigenvalue weighted by Gasteiger charge is 2.22. The average Bonchev–Trinajstić information content (AvgIpc) is 2.77. The van der Waals surface area contributed by atoms with Crippen molar-refractivity contribution in [2.24, 2.45) is 4.99 Å². The van der Waals surface area contributed by atoms with Gasteiger partial charge >= 0.3 is 5.97 Å². The largest absolute Gasteiger partial charge is 0.479 e.